The number of ether oxygens (including phenoxy) is 1. The molecule has 5 nitrogen and oxygen atoms in total. The van der Waals surface area contributed by atoms with E-state index in [4.69, 9.17) is 40.2 Å². The lowest BCUT2D eigenvalue weighted by Gasteiger charge is -2.09. The Morgan fingerprint density at radius 2 is 1.95 bits per heavy atom. The molecular formula is C12H7Cl2FN4OS. The zero-order valence-electron chi connectivity index (χ0n) is 10.5. The Morgan fingerprint density at radius 1 is 1.29 bits per heavy atom. The molecule has 21 heavy (non-hydrogen) atoms. The van der Waals surface area contributed by atoms with Gasteiger partial charge in [-0.05, 0) is 24.4 Å². The third-order valence-electron chi connectivity index (χ3n) is 2.84. The van der Waals surface area contributed by atoms with Crippen LogP contribution in [0, 0.1) is 10.6 Å². The lowest BCUT2D eigenvalue weighted by Crippen LogP contribution is -1.99. The summed E-state index contributed by atoms with van der Waals surface area (Å²) in [6.45, 7) is 0. The highest BCUT2D eigenvalue weighted by Gasteiger charge is 2.18. The molecule has 3 rings (SSSR count). The number of aromatic amines is 1. The van der Waals surface area contributed by atoms with Gasteiger partial charge in [-0.1, -0.05) is 23.2 Å². The monoisotopic (exact) mass is 344 g/mol. The molecular weight excluding hydrogens is 338 g/mol. The molecule has 0 bridgehead atoms. The number of hydrogen-bond donors (Lipinski definition) is 1. The van der Waals surface area contributed by atoms with Gasteiger partial charge in [-0.15, -0.1) is 0 Å². The van der Waals surface area contributed by atoms with Crippen LogP contribution in [0.4, 0.5) is 4.39 Å². The maximum absolute atomic E-state index is 13.3. The standard InChI is InChI=1S/C12H7Cl2FN4OS/c1-20-11-8-10(16-4-17-11)19(12(21)18-8)9-6(13)2-5(15)3-7(9)14/h2-4H,1H3,(H,18,21). The van der Waals surface area contributed by atoms with Crippen LogP contribution in [0.25, 0.3) is 16.9 Å². The zero-order chi connectivity index (χ0) is 15.1. The van der Waals surface area contributed by atoms with Crippen molar-refractivity contribution < 1.29 is 9.13 Å². The maximum atomic E-state index is 13.3. The van der Waals surface area contributed by atoms with Gasteiger partial charge in [0.15, 0.2) is 10.4 Å². The average Bonchev–Trinajstić information content (AvgIpc) is 2.74. The Hall–Kier alpha value is -1.70. The molecule has 0 atom stereocenters. The van der Waals surface area contributed by atoms with Gasteiger partial charge in [0.1, 0.15) is 17.7 Å². The highest BCUT2D eigenvalue weighted by molar-refractivity contribution is 7.71. The van der Waals surface area contributed by atoms with Crippen LogP contribution in [0.3, 0.4) is 0 Å². The van der Waals surface area contributed by atoms with Crippen LogP contribution >= 0.6 is 35.4 Å². The molecule has 0 saturated heterocycles. The Bertz CT molecular complexity index is 885. The van der Waals surface area contributed by atoms with E-state index in [2.05, 4.69) is 15.0 Å². The Morgan fingerprint density at radius 3 is 2.57 bits per heavy atom. The Kier molecular flexibility index (Phi) is 3.56. The fraction of sp³-hybridized carbons (Fsp3) is 0.0833. The van der Waals surface area contributed by atoms with E-state index in [0.717, 1.165) is 12.1 Å². The third kappa shape index (κ3) is 2.27. The minimum atomic E-state index is -0.535. The third-order valence-corrected chi connectivity index (χ3v) is 3.70. The summed E-state index contributed by atoms with van der Waals surface area (Å²) in [7, 11) is 1.48. The second kappa shape index (κ2) is 5.25. The fourth-order valence-corrected chi connectivity index (χ4v) is 2.92. The number of rotatable bonds is 2. The highest BCUT2D eigenvalue weighted by Crippen LogP contribution is 2.33. The first-order valence-electron chi connectivity index (χ1n) is 5.67. The summed E-state index contributed by atoms with van der Waals surface area (Å²) < 4.78 is 20.3. The van der Waals surface area contributed by atoms with Crippen molar-refractivity contribution in [3.63, 3.8) is 0 Å². The van der Waals surface area contributed by atoms with E-state index in [1.54, 1.807) is 0 Å². The number of aromatic nitrogens is 4. The van der Waals surface area contributed by atoms with Crippen LogP contribution in [0.1, 0.15) is 0 Å². The second-order valence-electron chi connectivity index (χ2n) is 4.07. The summed E-state index contributed by atoms with van der Waals surface area (Å²) in [4.78, 5) is 11.1. The van der Waals surface area contributed by atoms with Crippen molar-refractivity contribution in [2.45, 2.75) is 0 Å². The first-order chi connectivity index (χ1) is 10.0. The molecule has 2 heterocycles. The van der Waals surface area contributed by atoms with Gasteiger partial charge < -0.3 is 9.72 Å². The molecule has 0 amide bonds. The minimum absolute atomic E-state index is 0.120. The van der Waals surface area contributed by atoms with E-state index in [1.165, 1.54) is 18.0 Å². The van der Waals surface area contributed by atoms with E-state index in [0.29, 0.717) is 27.5 Å². The van der Waals surface area contributed by atoms with Gasteiger partial charge in [-0.2, -0.15) is 4.98 Å². The number of imidazole rings is 1. The minimum Gasteiger partial charge on any atom is -0.479 e. The van der Waals surface area contributed by atoms with Crippen molar-refractivity contribution >= 4 is 46.6 Å². The van der Waals surface area contributed by atoms with E-state index < -0.39 is 5.82 Å². The molecule has 2 aromatic heterocycles. The normalized spacial score (nSPS) is 11.0. The zero-order valence-corrected chi connectivity index (χ0v) is 12.9. The summed E-state index contributed by atoms with van der Waals surface area (Å²) in [6.07, 6.45) is 1.33. The first-order valence-corrected chi connectivity index (χ1v) is 6.84. The molecule has 0 aliphatic heterocycles. The van der Waals surface area contributed by atoms with Crippen molar-refractivity contribution in [3.05, 3.63) is 39.1 Å². The quantitative estimate of drug-likeness (QED) is 0.715. The van der Waals surface area contributed by atoms with Gasteiger partial charge in [0.25, 0.3) is 0 Å². The van der Waals surface area contributed by atoms with Gasteiger partial charge >= 0.3 is 0 Å². The van der Waals surface area contributed by atoms with Crippen LogP contribution in [0.15, 0.2) is 18.5 Å². The number of benzene rings is 1. The molecule has 0 saturated carbocycles. The summed E-state index contributed by atoms with van der Waals surface area (Å²) in [5.74, 6) is -0.202. The molecule has 3 aromatic rings. The van der Waals surface area contributed by atoms with Crippen molar-refractivity contribution in [1.82, 2.24) is 19.5 Å². The molecule has 0 aliphatic carbocycles. The van der Waals surface area contributed by atoms with E-state index in [9.17, 15) is 4.39 Å². The van der Waals surface area contributed by atoms with Crippen molar-refractivity contribution in [2.75, 3.05) is 7.11 Å². The number of nitrogens with one attached hydrogen (secondary N) is 1. The number of nitrogens with zero attached hydrogens (tertiary/aromatic N) is 3. The molecule has 9 heteroatoms. The Labute approximate surface area is 133 Å². The summed E-state index contributed by atoms with van der Waals surface area (Å²) in [5, 5.41) is 0.240. The van der Waals surface area contributed by atoms with Crippen LogP contribution in [0.5, 0.6) is 5.88 Å². The predicted molar refractivity (Wildman–Crippen MR) is 80.6 cm³/mol. The number of fused-ring (bicyclic) bond motifs is 1. The second-order valence-corrected chi connectivity index (χ2v) is 5.27. The lowest BCUT2D eigenvalue weighted by atomic mass is 10.3. The van der Waals surface area contributed by atoms with Gasteiger partial charge in [0.05, 0.1) is 22.8 Å². The van der Waals surface area contributed by atoms with E-state index in [-0.39, 0.29) is 10.0 Å². The van der Waals surface area contributed by atoms with E-state index in [1.807, 2.05) is 0 Å². The van der Waals surface area contributed by atoms with Crippen LogP contribution < -0.4 is 4.74 Å². The number of halogens is 3. The average molecular weight is 345 g/mol. The van der Waals surface area contributed by atoms with Crippen LogP contribution in [-0.2, 0) is 0 Å². The number of hydrogen-bond acceptors (Lipinski definition) is 4. The van der Waals surface area contributed by atoms with Gasteiger partial charge in [-0.3, -0.25) is 4.57 Å². The Balaban J connectivity index is 2.42. The SMILES string of the molecule is COc1ncnc2c1[nH]c(=S)n2-c1c(Cl)cc(F)cc1Cl. The number of methoxy groups -OCH3 is 1. The summed E-state index contributed by atoms with van der Waals surface area (Å²) in [5.41, 5.74) is 1.28. The molecule has 1 aromatic carbocycles. The first kappa shape index (κ1) is 14.2. The highest BCUT2D eigenvalue weighted by atomic mass is 35.5. The topological polar surface area (TPSA) is 55.7 Å². The molecule has 0 fully saturated rings. The molecule has 1 N–H and O–H groups in total. The summed E-state index contributed by atoms with van der Waals surface area (Å²) in [6, 6.07) is 2.31. The summed E-state index contributed by atoms with van der Waals surface area (Å²) >= 11 is 17.5. The largest absolute Gasteiger partial charge is 0.479 e. The molecule has 0 radical (unpaired) electrons. The molecule has 0 unspecified atom stereocenters. The van der Waals surface area contributed by atoms with Crippen molar-refractivity contribution in [3.8, 4) is 11.6 Å². The molecule has 0 spiro atoms. The van der Waals surface area contributed by atoms with Gasteiger partial charge in [0.2, 0.25) is 5.88 Å². The fourth-order valence-electron chi connectivity index (χ4n) is 2.01. The van der Waals surface area contributed by atoms with Crippen molar-refractivity contribution in [2.24, 2.45) is 0 Å². The van der Waals surface area contributed by atoms with Crippen LogP contribution in [0.2, 0.25) is 10.0 Å². The van der Waals surface area contributed by atoms with Crippen LogP contribution in [-0.4, -0.2) is 26.6 Å². The van der Waals surface area contributed by atoms with Gasteiger partial charge in [-0.25, -0.2) is 9.37 Å². The number of H-pyrrole nitrogens is 1. The lowest BCUT2D eigenvalue weighted by molar-refractivity contribution is 0.401. The van der Waals surface area contributed by atoms with Crippen molar-refractivity contribution in [1.29, 1.82) is 0 Å². The molecule has 0 aliphatic rings. The molecule has 108 valence electrons. The predicted octanol–water partition coefficient (Wildman–Crippen LogP) is 3.93. The smallest absolute Gasteiger partial charge is 0.242 e. The maximum Gasteiger partial charge on any atom is 0.242 e. The van der Waals surface area contributed by atoms with E-state index >= 15 is 0 Å². The van der Waals surface area contributed by atoms with Gasteiger partial charge in [0, 0.05) is 0 Å².